The molecule has 0 fully saturated rings. The van der Waals surface area contributed by atoms with Gasteiger partial charge in [-0.3, -0.25) is 0 Å². The summed E-state index contributed by atoms with van der Waals surface area (Å²) < 4.78 is 44.8. The Kier molecular flexibility index (Phi) is 53.4. The fourth-order valence-electron chi connectivity index (χ4n) is 6.62. The Bertz CT molecular complexity index is 588. The van der Waals surface area contributed by atoms with Gasteiger partial charge in [-0.25, -0.2) is 0 Å². The van der Waals surface area contributed by atoms with Crippen LogP contribution in [0, 0.1) is 0 Å². The number of hydrogen-bond acceptors (Lipinski definition) is 8. The highest BCUT2D eigenvalue weighted by atomic mass is 16.6. The summed E-state index contributed by atoms with van der Waals surface area (Å²) in [4.78, 5) is 0. The zero-order chi connectivity index (χ0) is 39.5. The Morgan fingerprint density at radius 2 is 0.273 bits per heavy atom. The van der Waals surface area contributed by atoms with Crippen LogP contribution in [-0.2, 0) is 37.9 Å². The maximum atomic E-state index is 5.71. The molecule has 0 bridgehead atoms. The topological polar surface area (TPSA) is 73.8 Å². The van der Waals surface area contributed by atoms with Crippen LogP contribution in [0.2, 0.25) is 0 Å². The molecule has 0 aliphatic rings. The average molecular weight is 789 g/mol. The van der Waals surface area contributed by atoms with E-state index < -0.39 is 0 Å². The van der Waals surface area contributed by atoms with E-state index in [-0.39, 0.29) is 0 Å². The van der Waals surface area contributed by atoms with Crippen LogP contribution >= 0.6 is 0 Å². The van der Waals surface area contributed by atoms with Crippen molar-refractivity contribution in [2.24, 2.45) is 0 Å². The van der Waals surface area contributed by atoms with E-state index in [1.807, 2.05) is 0 Å². The Balaban J connectivity index is 3.05. The predicted octanol–water partition coefficient (Wildman–Crippen LogP) is 12.5. The minimum Gasteiger partial charge on any atom is -0.379 e. The predicted molar refractivity (Wildman–Crippen MR) is 232 cm³/mol. The fraction of sp³-hybridized carbons (Fsp3) is 1.00. The van der Waals surface area contributed by atoms with Gasteiger partial charge in [-0.1, -0.05) is 187 Å². The molecule has 0 aliphatic carbocycles. The fourth-order valence-corrected chi connectivity index (χ4v) is 6.62. The Hall–Kier alpha value is -0.320. The summed E-state index contributed by atoms with van der Waals surface area (Å²) in [6.07, 6.45) is 40.2. The number of unbranched alkanes of at least 4 members (excludes halogenated alkanes) is 27. The molecular formula is C47H96O8. The second kappa shape index (κ2) is 53.7. The Morgan fingerprint density at radius 1 is 0.145 bits per heavy atom. The van der Waals surface area contributed by atoms with Crippen LogP contribution in [0.3, 0.4) is 0 Å². The van der Waals surface area contributed by atoms with Gasteiger partial charge in [0.1, 0.15) is 0 Å². The molecule has 0 unspecified atom stereocenters. The summed E-state index contributed by atoms with van der Waals surface area (Å²) in [5.74, 6) is 0. The highest BCUT2D eigenvalue weighted by Gasteiger charge is 1.98. The first-order chi connectivity index (χ1) is 27.4. The third-order valence-electron chi connectivity index (χ3n) is 10.1. The van der Waals surface area contributed by atoms with Crippen LogP contribution in [0.15, 0.2) is 0 Å². The lowest BCUT2D eigenvalue weighted by molar-refractivity contribution is -0.0232. The van der Waals surface area contributed by atoms with Gasteiger partial charge in [0.15, 0.2) is 0 Å². The van der Waals surface area contributed by atoms with Crippen molar-refractivity contribution in [2.75, 3.05) is 106 Å². The summed E-state index contributed by atoms with van der Waals surface area (Å²) in [6.45, 7) is 14.5. The molecule has 0 aromatic rings. The summed E-state index contributed by atoms with van der Waals surface area (Å²) in [5, 5.41) is 0. The lowest BCUT2D eigenvalue weighted by Gasteiger charge is -2.09. The van der Waals surface area contributed by atoms with E-state index in [0.29, 0.717) is 92.5 Å². The first-order valence-electron chi connectivity index (χ1n) is 24.0. The van der Waals surface area contributed by atoms with Crippen molar-refractivity contribution >= 4 is 0 Å². The second-order valence-electron chi connectivity index (χ2n) is 15.4. The van der Waals surface area contributed by atoms with Crippen molar-refractivity contribution in [1.29, 1.82) is 0 Å². The number of rotatable bonds is 52. The lowest BCUT2D eigenvalue weighted by atomic mass is 10.0. The average Bonchev–Trinajstić information content (AvgIpc) is 3.20. The molecule has 332 valence electrons. The van der Waals surface area contributed by atoms with Crippen molar-refractivity contribution in [3.8, 4) is 0 Å². The molecule has 0 N–H and O–H groups in total. The van der Waals surface area contributed by atoms with Gasteiger partial charge in [0, 0.05) is 13.2 Å². The van der Waals surface area contributed by atoms with Gasteiger partial charge >= 0.3 is 0 Å². The standard InChI is InChI=1S/C47H96O8/c1-3-5-7-9-11-13-15-17-18-19-21-23-25-27-29-31-33-49-35-37-51-39-41-53-43-45-55-47-46-54-44-42-52-40-38-50-36-34-48-32-30-28-26-24-22-20-16-14-12-10-8-6-4-2/h3-47H2,1-2H3. The van der Waals surface area contributed by atoms with Gasteiger partial charge in [0.2, 0.25) is 0 Å². The molecule has 0 rings (SSSR count). The minimum atomic E-state index is 0.555. The highest BCUT2D eigenvalue weighted by molar-refractivity contribution is 4.51. The van der Waals surface area contributed by atoms with Gasteiger partial charge in [-0.2, -0.15) is 0 Å². The molecule has 0 aromatic heterocycles. The maximum Gasteiger partial charge on any atom is 0.0701 e. The maximum absolute atomic E-state index is 5.71. The van der Waals surface area contributed by atoms with Crippen LogP contribution in [0.25, 0.3) is 0 Å². The van der Waals surface area contributed by atoms with Crippen LogP contribution in [0.4, 0.5) is 0 Å². The molecule has 0 spiro atoms. The Labute approximate surface area is 342 Å². The lowest BCUT2D eigenvalue weighted by Crippen LogP contribution is -2.15. The van der Waals surface area contributed by atoms with Crippen molar-refractivity contribution in [1.82, 2.24) is 0 Å². The van der Waals surface area contributed by atoms with Crippen molar-refractivity contribution in [3.63, 3.8) is 0 Å². The van der Waals surface area contributed by atoms with E-state index in [9.17, 15) is 0 Å². The molecule has 0 aromatic carbocycles. The van der Waals surface area contributed by atoms with E-state index in [0.717, 1.165) is 26.1 Å². The molecule has 0 heterocycles. The number of ether oxygens (including phenoxy) is 8. The SMILES string of the molecule is CCCCCCCCCCCCCCCCCCOCCOCCOCCOCCOCCOCCOCCOCCCCCCCCCCCCCCC. The van der Waals surface area contributed by atoms with Crippen molar-refractivity contribution in [2.45, 2.75) is 200 Å². The highest BCUT2D eigenvalue weighted by Crippen LogP contribution is 2.14. The molecule has 8 heteroatoms. The Morgan fingerprint density at radius 3 is 0.436 bits per heavy atom. The van der Waals surface area contributed by atoms with Crippen LogP contribution in [0.5, 0.6) is 0 Å². The van der Waals surface area contributed by atoms with Crippen LogP contribution in [-0.4, -0.2) is 106 Å². The molecule has 0 atom stereocenters. The summed E-state index contributed by atoms with van der Waals surface area (Å²) >= 11 is 0. The summed E-state index contributed by atoms with van der Waals surface area (Å²) in [7, 11) is 0. The molecule has 55 heavy (non-hydrogen) atoms. The molecule has 0 saturated heterocycles. The first kappa shape index (κ1) is 54.7. The van der Waals surface area contributed by atoms with Gasteiger partial charge in [-0.15, -0.1) is 0 Å². The molecule has 0 amide bonds. The van der Waals surface area contributed by atoms with Crippen LogP contribution in [0.1, 0.15) is 200 Å². The van der Waals surface area contributed by atoms with E-state index in [1.54, 1.807) is 0 Å². The molecule has 0 saturated carbocycles. The van der Waals surface area contributed by atoms with E-state index >= 15 is 0 Å². The minimum absolute atomic E-state index is 0.555. The van der Waals surface area contributed by atoms with Gasteiger partial charge in [0.05, 0.1) is 92.5 Å². The molecular weight excluding hydrogens is 693 g/mol. The quantitative estimate of drug-likeness (QED) is 0.0564. The monoisotopic (exact) mass is 789 g/mol. The zero-order valence-electron chi connectivity index (χ0n) is 37.1. The van der Waals surface area contributed by atoms with Gasteiger partial charge < -0.3 is 37.9 Å². The van der Waals surface area contributed by atoms with Crippen molar-refractivity contribution in [3.05, 3.63) is 0 Å². The summed E-state index contributed by atoms with van der Waals surface area (Å²) in [6, 6.07) is 0. The largest absolute Gasteiger partial charge is 0.379 e. The zero-order valence-corrected chi connectivity index (χ0v) is 37.1. The molecule has 0 radical (unpaired) electrons. The van der Waals surface area contributed by atoms with Gasteiger partial charge in [-0.05, 0) is 12.8 Å². The summed E-state index contributed by atoms with van der Waals surface area (Å²) in [5.41, 5.74) is 0. The van der Waals surface area contributed by atoms with E-state index in [1.165, 1.54) is 173 Å². The van der Waals surface area contributed by atoms with Gasteiger partial charge in [0.25, 0.3) is 0 Å². The smallest absolute Gasteiger partial charge is 0.0701 e. The normalized spacial score (nSPS) is 11.7. The van der Waals surface area contributed by atoms with E-state index in [2.05, 4.69) is 13.8 Å². The van der Waals surface area contributed by atoms with E-state index in [4.69, 9.17) is 37.9 Å². The number of hydrogen-bond donors (Lipinski definition) is 0. The molecule has 0 aliphatic heterocycles. The van der Waals surface area contributed by atoms with Crippen LogP contribution < -0.4 is 0 Å². The second-order valence-corrected chi connectivity index (χ2v) is 15.4. The first-order valence-corrected chi connectivity index (χ1v) is 24.0. The van der Waals surface area contributed by atoms with Crippen molar-refractivity contribution < 1.29 is 37.9 Å². The third-order valence-corrected chi connectivity index (χ3v) is 10.1. The third kappa shape index (κ3) is 53.7. The molecule has 8 nitrogen and oxygen atoms in total.